The van der Waals surface area contributed by atoms with Gasteiger partial charge in [0.2, 0.25) is 10.0 Å². The van der Waals surface area contributed by atoms with Crippen LogP contribution in [0.5, 0.6) is 5.75 Å². The summed E-state index contributed by atoms with van der Waals surface area (Å²) in [6, 6.07) is 12.8. The van der Waals surface area contributed by atoms with E-state index >= 15 is 0 Å². The second-order valence-electron chi connectivity index (χ2n) is 6.50. The maximum atomic E-state index is 12.6. The molecular formula is C20H25N3O6S. The quantitative estimate of drug-likeness (QED) is 0.419. The molecule has 0 saturated heterocycles. The largest absolute Gasteiger partial charge is 0.477 e. The molecule has 0 N–H and O–H groups in total. The number of nitrogens with zero attached hydrogens (tertiary/aromatic N) is 3. The summed E-state index contributed by atoms with van der Waals surface area (Å²) < 4.78 is 31.8. The Morgan fingerprint density at radius 1 is 1.10 bits per heavy atom. The van der Waals surface area contributed by atoms with Crippen molar-refractivity contribution in [3.8, 4) is 5.75 Å². The third-order valence-corrected chi connectivity index (χ3v) is 6.56. The Morgan fingerprint density at radius 3 is 2.30 bits per heavy atom. The summed E-state index contributed by atoms with van der Waals surface area (Å²) in [5.74, 6) is -0.534. The van der Waals surface area contributed by atoms with Gasteiger partial charge >= 0.3 is 5.69 Å². The number of sulfonamides is 1. The molecule has 2 aromatic rings. The molecule has 0 aromatic heterocycles. The Bertz CT molecular complexity index is 991. The highest BCUT2D eigenvalue weighted by Gasteiger charge is 2.26. The highest BCUT2D eigenvalue weighted by molar-refractivity contribution is 7.89. The summed E-state index contributed by atoms with van der Waals surface area (Å²) >= 11 is 0. The predicted octanol–water partition coefficient (Wildman–Crippen LogP) is 2.66. The molecule has 2 aromatic carbocycles. The molecule has 0 atom stereocenters. The Hall–Kier alpha value is -2.98. The molecular weight excluding hydrogens is 410 g/mol. The van der Waals surface area contributed by atoms with Crippen LogP contribution in [0.2, 0.25) is 0 Å². The van der Waals surface area contributed by atoms with Crippen molar-refractivity contribution in [3.05, 3.63) is 64.2 Å². The topological polar surface area (TPSA) is 110 Å². The van der Waals surface area contributed by atoms with E-state index < -0.39 is 27.2 Å². The van der Waals surface area contributed by atoms with Gasteiger partial charge in [0.05, 0.1) is 9.82 Å². The Labute approximate surface area is 176 Å². The number of carbonyl (C=O) groups excluding carboxylic acids is 1. The highest BCUT2D eigenvalue weighted by atomic mass is 32.2. The molecule has 30 heavy (non-hydrogen) atoms. The van der Waals surface area contributed by atoms with E-state index in [1.807, 2.05) is 30.3 Å². The fraction of sp³-hybridized carbons (Fsp3) is 0.350. The first-order chi connectivity index (χ1) is 14.2. The van der Waals surface area contributed by atoms with Crippen LogP contribution in [-0.4, -0.2) is 55.2 Å². The van der Waals surface area contributed by atoms with Gasteiger partial charge in [-0.15, -0.1) is 0 Å². The summed E-state index contributed by atoms with van der Waals surface area (Å²) in [6.45, 7) is 3.81. The summed E-state index contributed by atoms with van der Waals surface area (Å²) in [5, 5.41) is 11.5. The number of carbonyl (C=O) groups is 1. The maximum absolute atomic E-state index is 12.6. The zero-order valence-corrected chi connectivity index (χ0v) is 18.0. The van der Waals surface area contributed by atoms with E-state index in [9.17, 15) is 23.3 Å². The molecule has 1 amide bonds. The van der Waals surface area contributed by atoms with Crippen LogP contribution >= 0.6 is 0 Å². The first-order valence-electron chi connectivity index (χ1n) is 9.40. The van der Waals surface area contributed by atoms with E-state index in [2.05, 4.69) is 0 Å². The van der Waals surface area contributed by atoms with Crippen molar-refractivity contribution in [2.45, 2.75) is 25.3 Å². The SMILES string of the molecule is CCN(CC)S(=O)(=O)c1ccc(OCC(=O)N(C)Cc2ccccc2)c([N+](=O)[O-])c1. The zero-order chi connectivity index (χ0) is 22.3. The molecule has 162 valence electrons. The molecule has 2 rings (SSSR count). The van der Waals surface area contributed by atoms with E-state index in [1.165, 1.54) is 21.3 Å². The van der Waals surface area contributed by atoms with Gasteiger partial charge in [-0.3, -0.25) is 14.9 Å². The second kappa shape index (κ2) is 10.2. The molecule has 10 heteroatoms. The van der Waals surface area contributed by atoms with E-state index in [1.54, 1.807) is 20.9 Å². The molecule has 0 unspecified atom stereocenters. The van der Waals surface area contributed by atoms with Crippen LogP contribution in [-0.2, 0) is 21.4 Å². The molecule has 0 bridgehead atoms. The number of likely N-dealkylation sites (N-methyl/N-ethyl adjacent to an activating group) is 1. The van der Waals surface area contributed by atoms with Crippen molar-refractivity contribution in [1.29, 1.82) is 0 Å². The molecule has 0 aliphatic rings. The van der Waals surface area contributed by atoms with Crippen molar-refractivity contribution in [3.63, 3.8) is 0 Å². The lowest BCUT2D eigenvalue weighted by Gasteiger charge is -2.19. The van der Waals surface area contributed by atoms with E-state index in [0.717, 1.165) is 11.6 Å². The van der Waals surface area contributed by atoms with Crippen LogP contribution in [0.25, 0.3) is 0 Å². The molecule has 0 aliphatic carbocycles. The van der Waals surface area contributed by atoms with Gasteiger partial charge in [-0.25, -0.2) is 8.42 Å². The number of rotatable bonds is 10. The van der Waals surface area contributed by atoms with Crippen molar-refractivity contribution in [2.24, 2.45) is 0 Å². The fourth-order valence-corrected chi connectivity index (χ4v) is 4.31. The number of ether oxygens (including phenoxy) is 1. The summed E-state index contributed by atoms with van der Waals surface area (Å²) in [5.41, 5.74) is 0.423. The van der Waals surface area contributed by atoms with Crippen molar-refractivity contribution >= 4 is 21.6 Å². The Balaban J connectivity index is 2.16. The monoisotopic (exact) mass is 435 g/mol. The Morgan fingerprint density at radius 2 is 1.73 bits per heavy atom. The molecule has 0 aliphatic heterocycles. The number of hydrogen-bond donors (Lipinski definition) is 0. The van der Waals surface area contributed by atoms with Crippen LogP contribution in [0.15, 0.2) is 53.4 Å². The van der Waals surface area contributed by atoms with Gasteiger partial charge in [-0.1, -0.05) is 44.2 Å². The molecule has 9 nitrogen and oxygen atoms in total. The van der Waals surface area contributed by atoms with Crippen LogP contribution < -0.4 is 4.74 Å². The summed E-state index contributed by atoms with van der Waals surface area (Å²) in [7, 11) is -2.25. The number of nitro benzene ring substituents is 1. The minimum atomic E-state index is -3.86. The summed E-state index contributed by atoms with van der Waals surface area (Å²) in [4.78, 5) is 24.3. The van der Waals surface area contributed by atoms with Gasteiger partial charge in [-0.05, 0) is 17.7 Å². The minimum Gasteiger partial charge on any atom is -0.477 e. The lowest BCUT2D eigenvalue weighted by atomic mass is 10.2. The smallest absolute Gasteiger partial charge is 0.312 e. The first-order valence-corrected chi connectivity index (χ1v) is 10.8. The lowest BCUT2D eigenvalue weighted by Crippen LogP contribution is -2.31. The second-order valence-corrected chi connectivity index (χ2v) is 8.44. The fourth-order valence-electron chi connectivity index (χ4n) is 2.83. The van der Waals surface area contributed by atoms with E-state index in [4.69, 9.17) is 4.74 Å². The normalized spacial score (nSPS) is 11.3. The predicted molar refractivity (Wildman–Crippen MR) is 112 cm³/mol. The molecule has 0 radical (unpaired) electrons. The van der Waals surface area contributed by atoms with Crippen molar-refractivity contribution in [2.75, 3.05) is 26.7 Å². The Kier molecular flexibility index (Phi) is 7.90. The third kappa shape index (κ3) is 5.55. The minimum absolute atomic E-state index is 0.167. The van der Waals surface area contributed by atoms with Gasteiger partial charge in [0.25, 0.3) is 5.91 Å². The average Bonchev–Trinajstić information content (AvgIpc) is 2.73. The van der Waals surface area contributed by atoms with Gasteiger partial charge in [0, 0.05) is 32.7 Å². The first kappa shape index (κ1) is 23.3. The van der Waals surface area contributed by atoms with E-state index in [-0.39, 0.29) is 29.6 Å². The third-order valence-electron chi connectivity index (χ3n) is 4.51. The van der Waals surface area contributed by atoms with E-state index in [0.29, 0.717) is 6.54 Å². The average molecular weight is 436 g/mol. The number of hydrogen-bond acceptors (Lipinski definition) is 6. The number of nitro groups is 1. The number of benzene rings is 2. The van der Waals surface area contributed by atoms with Gasteiger partial charge in [0.15, 0.2) is 12.4 Å². The van der Waals surface area contributed by atoms with Crippen molar-refractivity contribution < 1.29 is 22.9 Å². The summed E-state index contributed by atoms with van der Waals surface area (Å²) in [6.07, 6.45) is 0. The number of amides is 1. The van der Waals surface area contributed by atoms with Gasteiger partial charge in [0.1, 0.15) is 0 Å². The highest BCUT2D eigenvalue weighted by Crippen LogP contribution is 2.31. The maximum Gasteiger partial charge on any atom is 0.312 e. The van der Waals surface area contributed by atoms with Crippen molar-refractivity contribution in [1.82, 2.24) is 9.21 Å². The van der Waals surface area contributed by atoms with Crippen LogP contribution in [0.3, 0.4) is 0 Å². The standard InChI is InChI=1S/C20H25N3O6S/c1-4-22(5-2)30(27,28)17-11-12-19(18(13-17)23(25)26)29-15-20(24)21(3)14-16-9-7-6-8-10-16/h6-13H,4-5,14-15H2,1-3H3. The molecule has 0 spiro atoms. The van der Waals surface area contributed by atoms with Gasteiger partial charge in [-0.2, -0.15) is 4.31 Å². The lowest BCUT2D eigenvalue weighted by molar-refractivity contribution is -0.386. The molecule has 0 saturated carbocycles. The van der Waals surface area contributed by atoms with Crippen LogP contribution in [0, 0.1) is 10.1 Å². The zero-order valence-electron chi connectivity index (χ0n) is 17.1. The molecule has 0 heterocycles. The van der Waals surface area contributed by atoms with Crippen LogP contribution in [0.1, 0.15) is 19.4 Å². The molecule has 0 fully saturated rings. The van der Waals surface area contributed by atoms with Crippen LogP contribution in [0.4, 0.5) is 5.69 Å². The van der Waals surface area contributed by atoms with Gasteiger partial charge < -0.3 is 9.64 Å².